The monoisotopic (exact) mass is 458 g/mol. The Kier molecular flexibility index (Phi) is 7.00. The highest BCUT2D eigenvalue weighted by Gasteiger charge is 2.50. The van der Waals surface area contributed by atoms with Crippen molar-refractivity contribution >= 4 is 31.3 Å². The van der Waals surface area contributed by atoms with Crippen LogP contribution in [0.2, 0.25) is 5.04 Å². The highest BCUT2D eigenvalue weighted by Crippen LogP contribution is 2.38. The molecular weight excluding hydrogens is 432 g/mol. The number of hydrogen-bond acceptors (Lipinski definition) is 3. The van der Waals surface area contributed by atoms with Crippen molar-refractivity contribution in [2.24, 2.45) is 0 Å². The van der Waals surface area contributed by atoms with Gasteiger partial charge in [0.25, 0.3) is 8.32 Å². The number of alkyl halides is 3. The van der Waals surface area contributed by atoms with Gasteiger partial charge < -0.3 is 14.5 Å². The van der Waals surface area contributed by atoms with Crippen LogP contribution in [0.5, 0.6) is 0 Å². The molecule has 0 atom stereocenters. The van der Waals surface area contributed by atoms with E-state index in [1.807, 2.05) is 60.7 Å². The van der Waals surface area contributed by atoms with Crippen LogP contribution < -0.4 is 15.8 Å². The fourth-order valence-electron chi connectivity index (χ4n) is 4.09. The largest absolute Gasteiger partial charge is 0.488 e. The topological polar surface area (TPSA) is 49.7 Å². The molecule has 0 aliphatic carbocycles. The van der Waals surface area contributed by atoms with Crippen LogP contribution >= 0.6 is 0 Å². The third-order valence-corrected chi connectivity index (χ3v) is 10.6. The Bertz CT molecular complexity index is 996. The molecule has 3 rings (SSSR count). The van der Waals surface area contributed by atoms with Gasteiger partial charge in [0.2, 0.25) is 0 Å². The van der Waals surface area contributed by atoms with Crippen molar-refractivity contribution in [3.63, 3.8) is 0 Å². The van der Waals surface area contributed by atoms with Crippen molar-refractivity contribution in [1.82, 2.24) is 0 Å². The smallest absolute Gasteiger partial charge is 0.423 e. The zero-order chi connectivity index (χ0) is 23.6. The summed E-state index contributed by atoms with van der Waals surface area (Å²) in [6, 6.07) is 22.6. The van der Waals surface area contributed by atoms with Gasteiger partial charge in [0, 0.05) is 0 Å². The minimum absolute atomic E-state index is 0.0464. The Morgan fingerprint density at radius 1 is 0.812 bits per heavy atom. The first-order valence-electron chi connectivity index (χ1n) is 10.3. The summed E-state index contributed by atoms with van der Waals surface area (Å²) in [7, 11) is -5.00. The molecule has 0 fully saturated rings. The first-order chi connectivity index (χ1) is 15.0. The van der Waals surface area contributed by atoms with Gasteiger partial charge in [-0.05, 0) is 32.5 Å². The lowest BCUT2D eigenvalue weighted by molar-refractivity contribution is -0.138. The molecule has 0 saturated heterocycles. The highest BCUT2D eigenvalue weighted by atomic mass is 28.4. The number of halogens is 3. The van der Waals surface area contributed by atoms with Gasteiger partial charge in [-0.25, -0.2) is 0 Å². The predicted octanol–water partition coefficient (Wildman–Crippen LogP) is 3.46. The lowest BCUT2D eigenvalue weighted by Crippen LogP contribution is -2.66. The van der Waals surface area contributed by atoms with Crippen molar-refractivity contribution in [2.75, 3.05) is 0 Å². The fourth-order valence-corrected chi connectivity index (χ4v) is 8.62. The molecule has 168 valence electrons. The standard InChI is InChI=1S/C24H26BF3O3Si/c1-23(2,3)32(20-10-6-4-7-11-20,21-12-8-5-9-13-21)31-17-18-14-15-19(25(29)30)16-22(18)24(26,27)28/h4-16,29-30H,17H2,1-3H3. The molecule has 0 heterocycles. The normalized spacial score (nSPS) is 12.6. The second-order valence-electron chi connectivity index (χ2n) is 8.74. The van der Waals surface area contributed by atoms with E-state index in [9.17, 15) is 23.2 Å². The first-order valence-corrected chi connectivity index (χ1v) is 12.2. The van der Waals surface area contributed by atoms with Crippen LogP contribution in [-0.2, 0) is 17.2 Å². The van der Waals surface area contributed by atoms with Gasteiger partial charge in [0.15, 0.2) is 0 Å². The maximum atomic E-state index is 13.8. The van der Waals surface area contributed by atoms with E-state index in [2.05, 4.69) is 20.8 Å². The Labute approximate surface area is 187 Å². The van der Waals surface area contributed by atoms with E-state index in [0.717, 1.165) is 16.4 Å². The minimum atomic E-state index is -4.66. The summed E-state index contributed by atoms with van der Waals surface area (Å²) in [6.07, 6.45) is -4.66. The molecule has 0 bridgehead atoms. The molecule has 0 aromatic heterocycles. The van der Waals surface area contributed by atoms with Gasteiger partial charge in [-0.2, -0.15) is 13.2 Å². The van der Waals surface area contributed by atoms with E-state index < -0.39 is 27.2 Å². The molecule has 8 heteroatoms. The average molecular weight is 458 g/mol. The van der Waals surface area contributed by atoms with Crippen molar-refractivity contribution in [2.45, 2.75) is 38.6 Å². The lowest BCUT2D eigenvalue weighted by Gasteiger charge is -2.43. The van der Waals surface area contributed by atoms with Crippen molar-refractivity contribution in [1.29, 1.82) is 0 Å². The lowest BCUT2D eigenvalue weighted by atomic mass is 9.79. The Morgan fingerprint density at radius 2 is 1.31 bits per heavy atom. The van der Waals surface area contributed by atoms with Crippen molar-refractivity contribution < 1.29 is 27.6 Å². The molecule has 0 radical (unpaired) electrons. The summed E-state index contributed by atoms with van der Waals surface area (Å²) in [6.45, 7) is 5.89. The summed E-state index contributed by atoms with van der Waals surface area (Å²) in [4.78, 5) is 0. The third kappa shape index (κ3) is 4.83. The molecule has 3 nitrogen and oxygen atoms in total. The van der Waals surface area contributed by atoms with Gasteiger partial charge in [0.05, 0.1) is 12.2 Å². The van der Waals surface area contributed by atoms with Crippen LogP contribution in [0.1, 0.15) is 31.9 Å². The SMILES string of the molecule is CC(C)(C)[Si](OCc1ccc(B(O)O)cc1C(F)(F)F)(c1ccccc1)c1ccccc1. The van der Waals surface area contributed by atoms with E-state index in [-0.39, 0.29) is 22.7 Å². The Balaban J connectivity index is 2.14. The second-order valence-corrected chi connectivity index (χ2v) is 13.0. The van der Waals surface area contributed by atoms with E-state index in [4.69, 9.17) is 4.43 Å². The van der Waals surface area contributed by atoms with Gasteiger partial charge in [-0.1, -0.05) is 93.6 Å². The molecule has 0 saturated carbocycles. The Morgan fingerprint density at radius 3 is 1.72 bits per heavy atom. The maximum Gasteiger partial charge on any atom is 0.488 e. The molecule has 32 heavy (non-hydrogen) atoms. The minimum Gasteiger partial charge on any atom is -0.423 e. The second kappa shape index (κ2) is 9.23. The number of rotatable bonds is 6. The summed E-state index contributed by atoms with van der Waals surface area (Å²) in [5, 5.41) is 20.2. The summed E-state index contributed by atoms with van der Waals surface area (Å²) in [5.41, 5.74) is -1.19. The average Bonchev–Trinajstić information content (AvgIpc) is 2.74. The molecular formula is C24H26BF3O3Si. The van der Waals surface area contributed by atoms with E-state index in [1.54, 1.807) is 0 Å². The molecule has 0 aliphatic rings. The van der Waals surface area contributed by atoms with Crippen LogP contribution in [-0.4, -0.2) is 25.5 Å². The summed E-state index contributed by atoms with van der Waals surface area (Å²) >= 11 is 0. The van der Waals surface area contributed by atoms with Crippen LogP contribution in [0.4, 0.5) is 13.2 Å². The van der Waals surface area contributed by atoms with Gasteiger partial charge >= 0.3 is 13.3 Å². The number of benzene rings is 3. The predicted molar refractivity (Wildman–Crippen MR) is 124 cm³/mol. The summed E-state index contributed by atoms with van der Waals surface area (Å²) in [5.74, 6) is 0. The number of hydrogen-bond donors (Lipinski definition) is 2. The van der Waals surface area contributed by atoms with Crippen LogP contribution in [0, 0.1) is 0 Å². The molecule has 2 N–H and O–H groups in total. The van der Waals surface area contributed by atoms with Gasteiger partial charge in [-0.15, -0.1) is 0 Å². The van der Waals surface area contributed by atoms with E-state index in [0.29, 0.717) is 0 Å². The molecule has 3 aromatic carbocycles. The van der Waals surface area contributed by atoms with Crippen LogP contribution in [0.15, 0.2) is 78.9 Å². The molecule has 3 aromatic rings. The van der Waals surface area contributed by atoms with Gasteiger partial charge in [-0.3, -0.25) is 0 Å². The van der Waals surface area contributed by atoms with Gasteiger partial charge in [0.1, 0.15) is 0 Å². The zero-order valence-electron chi connectivity index (χ0n) is 18.2. The van der Waals surface area contributed by atoms with Crippen molar-refractivity contribution in [3.8, 4) is 0 Å². The summed E-state index contributed by atoms with van der Waals surface area (Å²) < 4.78 is 48.0. The van der Waals surface area contributed by atoms with Crippen molar-refractivity contribution in [3.05, 3.63) is 90.0 Å². The third-order valence-electron chi connectivity index (χ3n) is 5.60. The quantitative estimate of drug-likeness (QED) is 0.557. The molecule has 0 spiro atoms. The maximum absolute atomic E-state index is 13.8. The molecule has 0 aliphatic heterocycles. The van der Waals surface area contributed by atoms with Crippen LogP contribution in [0.25, 0.3) is 0 Å². The molecule has 0 unspecified atom stereocenters. The van der Waals surface area contributed by atoms with E-state index >= 15 is 0 Å². The van der Waals surface area contributed by atoms with Crippen LogP contribution in [0.3, 0.4) is 0 Å². The highest BCUT2D eigenvalue weighted by molar-refractivity contribution is 6.99. The first kappa shape index (κ1) is 24.3. The van der Waals surface area contributed by atoms with E-state index in [1.165, 1.54) is 12.1 Å². The zero-order valence-corrected chi connectivity index (χ0v) is 19.2. The molecule has 0 amide bonds. The fraction of sp³-hybridized carbons (Fsp3) is 0.250. The Hall–Kier alpha value is -2.39.